The van der Waals surface area contributed by atoms with E-state index >= 15 is 0 Å². The van der Waals surface area contributed by atoms with Crippen LogP contribution in [0.5, 0.6) is 0 Å². The maximum atomic E-state index is 11.6. The smallest absolute Gasteiger partial charge is 0.320 e. The van der Waals surface area contributed by atoms with Crippen molar-refractivity contribution in [1.29, 1.82) is 5.26 Å². The van der Waals surface area contributed by atoms with E-state index in [1.165, 1.54) is 0 Å². The number of likely N-dealkylation sites (tertiary alicyclic amines) is 1. The van der Waals surface area contributed by atoms with Crippen LogP contribution in [-0.2, 0) is 11.3 Å². The second-order valence-corrected chi connectivity index (χ2v) is 8.95. The van der Waals surface area contributed by atoms with Gasteiger partial charge in [-0.15, -0.1) is 5.10 Å². The van der Waals surface area contributed by atoms with E-state index in [0.29, 0.717) is 35.6 Å². The van der Waals surface area contributed by atoms with Crippen LogP contribution in [-0.4, -0.2) is 58.5 Å². The summed E-state index contributed by atoms with van der Waals surface area (Å²) in [5.74, 6) is -0.698. The molecule has 11 heteroatoms. The molecule has 186 valence electrons. The first-order valence-electron chi connectivity index (χ1n) is 11.9. The van der Waals surface area contributed by atoms with Crippen LogP contribution in [0.3, 0.4) is 0 Å². The molecule has 0 amide bonds. The molecule has 0 saturated carbocycles. The van der Waals surface area contributed by atoms with Gasteiger partial charge in [-0.3, -0.25) is 14.7 Å². The second kappa shape index (κ2) is 10.1. The summed E-state index contributed by atoms with van der Waals surface area (Å²) in [6, 6.07) is 16.1. The lowest BCUT2D eigenvalue weighted by Gasteiger charge is -2.28. The fourth-order valence-electron chi connectivity index (χ4n) is 4.66. The first-order chi connectivity index (χ1) is 17.9. The number of carbonyl (C=O) groups is 1. The van der Waals surface area contributed by atoms with Crippen molar-refractivity contribution in [3.05, 3.63) is 71.7 Å². The Bertz CT molecular complexity index is 1490. The van der Waals surface area contributed by atoms with Crippen molar-refractivity contribution in [3.63, 3.8) is 0 Å². The Kier molecular flexibility index (Phi) is 6.57. The molecule has 3 aromatic heterocycles. The number of carboxylic acids is 1. The minimum absolute atomic E-state index is 0.0920. The van der Waals surface area contributed by atoms with E-state index in [0.717, 1.165) is 29.9 Å². The number of nitrogen functional groups attached to an aromatic ring is 1. The number of carboxylic acid groups (broad SMARTS) is 1. The molecule has 1 aliphatic rings. The van der Waals surface area contributed by atoms with Crippen molar-refractivity contribution >= 4 is 11.9 Å². The van der Waals surface area contributed by atoms with Gasteiger partial charge in [0.25, 0.3) is 0 Å². The van der Waals surface area contributed by atoms with Gasteiger partial charge < -0.3 is 10.8 Å². The summed E-state index contributed by atoms with van der Waals surface area (Å²) in [5, 5.41) is 27.2. The first-order valence-corrected chi connectivity index (χ1v) is 11.9. The molecule has 0 bridgehead atoms. The highest BCUT2D eigenvalue weighted by Crippen LogP contribution is 2.29. The number of nitriles is 1. The Hall–Kier alpha value is -4.69. The predicted molar refractivity (Wildman–Crippen MR) is 135 cm³/mol. The lowest BCUT2D eigenvalue weighted by atomic mass is 10.1. The number of nitrogens with zero attached hydrogens (tertiary/aromatic N) is 8. The average molecular weight is 496 g/mol. The van der Waals surface area contributed by atoms with E-state index in [2.05, 4.69) is 26.3 Å². The number of rotatable bonds is 7. The van der Waals surface area contributed by atoms with E-state index in [-0.39, 0.29) is 12.0 Å². The Labute approximate surface area is 213 Å². The van der Waals surface area contributed by atoms with Crippen LogP contribution in [0, 0.1) is 11.3 Å². The van der Waals surface area contributed by atoms with Gasteiger partial charge in [-0.1, -0.05) is 23.4 Å². The van der Waals surface area contributed by atoms with Gasteiger partial charge in [0.1, 0.15) is 11.7 Å². The molecule has 1 aliphatic heterocycles. The van der Waals surface area contributed by atoms with E-state index in [1.54, 1.807) is 35.1 Å². The Balaban J connectivity index is 1.36. The van der Waals surface area contributed by atoms with Crippen LogP contribution in [0.15, 0.2) is 54.7 Å². The van der Waals surface area contributed by atoms with Crippen molar-refractivity contribution in [2.75, 3.05) is 12.3 Å². The summed E-state index contributed by atoms with van der Waals surface area (Å²) in [7, 11) is 0. The normalized spacial score (nSPS) is 16.4. The highest BCUT2D eigenvalue weighted by Gasteiger charge is 2.34. The zero-order valence-corrected chi connectivity index (χ0v) is 20.2. The average Bonchev–Trinajstić information content (AvgIpc) is 3.58. The van der Waals surface area contributed by atoms with Gasteiger partial charge in [-0.25, -0.2) is 14.6 Å². The van der Waals surface area contributed by atoms with E-state index < -0.39 is 12.0 Å². The molecule has 1 saturated heterocycles. The molecule has 3 N–H and O–H groups in total. The fourth-order valence-corrected chi connectivity index (χ4v) is 4.66. The third-order valence-corrected chi connectivity index (χ3v) is 6.49. The molecule has 4 aromatic rings. The number of benzene rings is 1. The molecule has 2 atom stereocenters. The number of nitrogens with two attached hydrogens (primary N) is 1. The zero-order chi connectivity index (χ0) is 25.9. The van der Waals surface area contributed by atoms with Gasteiger partial charge in [0, 0.05) is 5.56 Å². The molecule has 1 fully saturated rings. The summed E-state index contributed by atoms with van der Waals surface area (Å²) >= 11 is 0. The molecule has 5 rings (SSSR count). The predicted octanol–water partition coefficient (Wildman–Crippen LogP) is 2.91. The van der Waals surface area contributed by atoms with Gasteiger partial charge in [0.05, 0.1) is 53.2 Å². The first kappa shape index (κ1) is 24.0. The Morgan fingerprint density at radius 2 is 1.97 bits per heavy atom. The quantitative estimate of drug-likeness (QED) is 0.390. The lowest BCUT2D eigenvalue weighted by molar-refractivity contribution is -0.142. The summed E-state index contributed by atoms with van der Waals surface area (Å²) in [6.45, 7) is 3.11. The molecule has 0 radical (unpaired) electrons. The molecule has 0 spiro atoms. The Morgan fingerprint density at radius 3 is 2.78 bits per heavy atom. The largest absolute Gasteiger partial charge is 0.480 e. The highest BCUT2D eigenvalue weighted by molar-refractivity contribution is 5.74. The number of aromatic nitrogens is 6. The molecular weight excluding hydrogens is 470 g/mol. The van der Waals surface area contributed by atoms with Gasteiger partial charge in [0.15, 0.2) is 0 Å². The number of hydrogen-bond acceptors (Lipinski definition) is 9. The molecule has 4 heterocycles. The molecular formula is C26H25N9O2. The van der Waals surface area contributed by atoms with E-state index in [4.69, 9.17) is 10.7 Å². The van der Waals surface area contributed by atoms with Crippen LogP contribution in [0.2, 0.25) is 0 Å². The van der Waals surface area contributed by atoms with Gasteiger partial charge >= 0.3 is 5.97 Å². The summed E-state index contributed by atoms with van der Waals surface area (Å²) in [4.78, 5) is 27.0. The number of aliphatic carboxylic acids is 1. The highest BCUT2D eigenvalue weighted by atomic mass is 16.4. The van der Waals surface area contributed by atoms with Gasteiger partial charge in [0.2, 0.25) is 5.95 Å². The molecule has 1 aromatic carbocycles. The second-order valence-electron chi connectivity index (χ2n) is 8.95. The third kappa shape index (κ3) is 5.14. The molecule has 11 nitrogen and oxygen atoms in total. The molecule has 0 unspecified atom stereocenters. The number of hydrogen-bond donors (Lipinski definition) is 2. The minimum Gasteiger partial charge on any atom is -0.480 e. The van der Waals surface area contributed by atoms with Crippen LogP contribution in [0.1, 0.15) is 42.8 Å². The minimum atomic E-state index is -0.790. The fraction of sp³-hybridized carbons (Fsp3) is 0.269. The van der Waals surface area contributed by atoms with Crippen LogP contribution in [0.25, 0.3) is 22.6 Å². The van der Waals surface area contributed by atoms with Crippen molar-refractivity contribution in [2.45, 2.75) is 38.4 Å². The topological polar surface area (TPSA) is 160 Å². The van der Waals surface area contributed by atoms with Crippen LogP contribution < -0.4 is 5.73 Å². The maximum absolute atomic E-state index is 11.6. The Morgan fingerprint density at radius 1 is 1.16 bits per heavy atom. The van der Waals surface area contributed by atoms with E-state index in [9.17, 15) is 15.2 Å². The van der Waals surface area contributed by atoms with Crippen LogP contribution in [0.4, 0.5) is 5.95 Å². The molecule has 0 aliphatic carbocycles. The van der Waals surface area contributed by atoms with Crippen molar-refractivity contribution in [2.24, 2.45) is 0 Å². The summed E-state index contributed by atoms with van der Waals surface area (Å²) < 4.78 is 1.66. The monoisotopic (exact) mass is 495 g/mol. The maximum Gasteiger partial charge on any atom is 0.320 e. The van der Waals surface area contributed by atoms with Gasteiger partial charge in [-0.2, -0.15) is 5.26 Å². The van der Waals surface area contributed by atoms with Crippen molar-refractivity contribution in [1.82, 2.24) is 34.8 Å². The van der Waals surface area contributed by atoms with Crippen molar-refractivity contribution < 1.29 is 9.90 Å². The zero-order valence-electron chi connectivity index (χ0n) is 20.2. The van der Waals surface area contributed by atoms with Crippen molar-refractivity contribution in [3.8, 4) is 28.7 Å². The summed E-state index contributed by atoms with van der Waals surface area (Å²) in [6.07, 6.45) is 3.28. The number of pyridine rings is 1. The van der Waals surface area contributed by atoms with E-state index in [1.807, 2.05) is 36.1 Å². The SMILES string of the molecule is C[C@H](c1cccc(Cn2cc(-c3cc(-c4cccc(C#N)c4)nc(N)n3)nn2)n1)N1CCC[C@H]1C(=O)O. The summed E-state index contributed by atoms with van der Waals surface area (Å²) in [5.41, 5.74) is 10.5. The number of anilines is 1. The van der Waals surface area contributed by atoms with Gasteiger partial charge in [-0.05, 0) is 56.6 Å². The third-order valence-electron chi connectivity index (χ3n) is 6.49. The lowest BCUT2D eigenvalue weighted by Crippen LogP contribution is -2.38. The van der Waals surface area contributed by atoms with Crippen LogP contribution >= 0.6 is 0 Å². The standard InChI is InChI=1S/C26H25N9O2/c1-16(35-10-4-9-24(35)25(36)37)20-8-3-7-19(29-20)14-34-15-23(32-33-34)22-12-21(30-26(28)31-22)18-6-2-5-17(11-18)13-27/h2-3,5-8,11-12,15-16,24H,4,9-10,14H2,1H3,(H,36,37)(H2,28,30,31)/t16-,24+/m1/s1. The molecule has 37 heavy (non-hydrogen) atoms.